The minimum absolute atomic E-state index is 0.0543. The van der Waals surface area contributed by atoms with Crippen molar-refractivity contribution in [3.63, 3.8) is 0 Å². The second-order valence-corrected chi connectivity index (χ2v) is 3.28. The molecule has 0 bridgehead atoms. The lowest BCUT2D eigenvalue weighted by Crippen LogP contribution is -2.47. The molecule has 0 spiro atoms. The van der Waals surface area contributed by atoms with Gasteiger partial charge in [0.1, 0.15) is 5.75 Å². The lowest BCUT2D eigenvalue weighted by molar-refractivity contribution is -0.197. The molecule has 1 fully saturated rings. The molecule has 1 atom stereocenters. The van der Waals surface area contributed by atoms with Gasteiger partial charge in [-0.2, -0.15) is 0 Å². The van der Waals surface area contributed by atoms with Gasteiger partial charge in [0.2, 0.25) is 0 Å². The van der Waals surface area contributed by atoms with Crippen molar-refractivity contribution in [1.29, 1.82) is 0 Å². The van der Waals surface area contributed by atoms with Crippen LogP contribution in [-0.2, 0) is 15.1 Å². The second-order valence-electron chi connectivity index (χ2n) is 3.28. The van der Waals surface area contributed by atoms with Crippen molar-refractivity contribution in [2.24, 2.45) is 0 Å². The molecule has 74 valence electrons. The zero-order chi connectivity index (χ0) is 10.2. The molecule has 1 aromatic rings. The lowest BCUT2D eigenvalue weighted by atomic mass is 9.86. The van der Waals surface area contributed by atoms with E-state index >= 15 is 0 Å². The number of phenolic OH excluding ortho intramolecular Hbond substituents is 1. The Morgan fingerprint density at radius 3 is 2.64 bits per heavy atom. The SMILES string of the molecule is O=C(O)C1(c2cccc(O)c2)CCO1. The predicted molar refractivity (Wildman–Crippen MR) is 48.0 cm³/mol. The van der Waals surface area contributed by atoms with E-state index in [9.17, 15) is 9.90 Å². The van der Waals surface area contributed by atoms with Gasteiger partial charge in [-0.15, -0.1) is 0 Å². The van der Waals surface area contributed by atoms with Gasteiger partial charge in [0.05, 0.1) is 6.61 Å². The summed E-state index contributed by atoms with van der Waals surface area (Å²) in [5.74, 6) is -0.951. The lowest BCUT2D eigenvalue weighted by Gasteiger charge is -2.38. The molecule has 0 radical (unpaired) electrons. The standard InChI is InChI=1S/C10H10O4/c11-8-3-1-2-7(6-8)10(9(12)13)4-5-14-10/h1-3,6,11H,4-5H2,(H,12,13). The Bertz CT molecular complexity index is 368. The zero-order valence-electron chi connectivity index (χ0n) is 7.43. The smallest absolute Gasteiger partial charge is 0.340 e. The van der Waals surface area contributed by atoms with Crippen molar-refractivity contribution in [2.75, 3.05) is 6.61 Å². The van der Waals surface area contributed by atoms with Crippen LogP contribution < -0.4 is 0 Å². The molecule has 1 saturated heterocycles. The maximum Gasteiger partial charge on any atom is 0.340 e. The van der Waals surface area contributed by atoms with Crippen molar-refractivity contribution in [1.82, 2.24) is 0 Å². The molecule has 1 unspecified atom stereocenters. The molecule has 1 aliphatic rings. The molecule has 14 heavy (non-hydrogen) atoms. The van der Waals surface area contributed by atoms with Crippen molar-refractivity contribution >= 4 is 5.97 Å². The van der Waals surface area contributed by atoms with E-state index in [-0.39, 0.29) is 5.75 Å². The van der Waals surface area contributed by atoms with Crippen LogP contribution in [0.25, 0.3) is 0 Å². The summed E-state index contributed by atoms with van der Waals surface area (Å²) in [5, 5.41) is 18.3. The summed E-state index contributed by atoms with van der Waals surface area (Å²) < 4.78 is 5.11. The molecule has 0 amide bonds. The number of hydrogen-bond acceptors (Lipinski definition) is 3. The first-order valence-electron chi connectivity index (χ1n) is 4.32. The minimum atomic E-state index is -1.24. The van der Waals surface area contributed by atoms with Crippen molar-refractivity contribution < 1.29 is 19.7 Å². The van der Waals surface area contributed by atoms with Crippen LogP contribution in [0.15, 0.2) is 24.3 Å². The molecular formula is C10H10O4. The molecular weight excluding hydrogens is 184 g/mol. The number of carbonyl (C=O) groups is 1. The normalized spacial score (nSPS) is 25.4. The van der Waals surface area contributed by atoms with E-state index in [4.69, 9.17) is 9.84 Å². The van der Waals surface area contributed by atoms with E-state index in [1.165, 1.54) is 12.1 Å². The van der Waals surface area contributed by atoms with Gasteiger partial charge < -0.3 is 14.9 Å². The fraction of sp³-hybridized carbons (Fsp3) is 0.300. The minimum Gasteiger partial charge on any atom is -0.508 e. The van der Waals surface area contributed by atoms with Gasteiger partial charge in [-0.05, 0) is 17.7 Å². The highest BCUT2D eigenvalue weighted by atomic mass is 16.5. The summed E-state index contributed by atoms with van der Waals surface area (Å²) in [7, 11) is 0. The number of aliphatic carboxylic acids is 1. The van der Waals surface area contributed by atoms with Gasteiger partial charge in [-0.1, -0.05) is 12.1 Å². The van der Waals surface area contributed by atoms with Crippen molar-refractivity contribution in [2.45, 2.75) is 12.0 Å². The predicted octanol–water partition coefficient (Wildman–Crippen LogP) is 1.09. The van der Waals surface area contributed by atoms with E-state index in [1.54, 1.807) is 12.1 Å². The summed E-state index contributed by atoms with van der Waals surface area (Å²) in [4.78, 5) is 11.0. The molecule has 4 heteroatoms. The van der Waals surface area contributed by atoms with Crippen LogP contribution in [0.1, 0.15) is 12.0 Å². The number of rotatable bonds is 2. The molecule has 0 aromatic heterocycles. The highest BCUT2D eigenvalue weighted by Gasteiger charge is 2.47. The highest BCUT2D eigenvalue weighted by Crippen LogP contribution is 2.38. The van der Waals surface area contributed by atoms with Crippen LogP contribution in [0.2, 0.25) is 0 Å². The third kappa shape index (κ3) is 1.15. The van der Waals surface area contributed by atoms with Gasteiger partial charge >= 0.3 is 5.97 Å². The average Bonchev–Trinajstić information content (AvgIpc) is 2.00. The van der Waals surface area contributed by atoms with Crippen LogP contribution in [0.3, 0.4) is 0 Å². The molecule has 0 saturated carbocycles. The van der Waals surface area contributed by atoms with E-state index in [2.05, 4.69) is 0 Å². The molecule has 1 aromatic carbocycles. The molecule has 4 nitrogen and oxygen atoms in total. The highest BCUT2D eigenvalue weighted by molar-refractivity contribution is 5.80. The van der Waals surface area contributed by atoms with E-state index < -0.39 is 11.6 Å². The first-order chi connectivity index (χ1) is 6.65. The largest absolute Gasteiger partial charge is 0.508 e. The van der Waals surface area contributed by atoms with Gasteiger partial charge in [0.15, 0.2) is 5.60 Å². The van der Waals surface area contributed by atoms with Crippen LogP contribution >= 0.6 is 0 Å². The Hall–Kier alpha value is -1.55. The molecule has 1 aliphatic heterocycles. The van der Waals surface area contributed by atoms with E-state index in [1.807, 2.05) is 0 Å². The molecule has 2 N–H and O–H groups in total. The molecule has 1 heterocycles. The summed E-state index contributed by atoms with van der Waals surface area (Å²) >= 11 is 0. The monoisotopic (exact) mass is 194 g/mol. The number of benzene rings is 1. The fourth-order valence-corrected chi connectivity index (χ4v) is 1.58. The zero-order valence-corrected chi connectivity index (χ0v) is 7.43. The molecule has 2 rings (SSSR count). The summed E-state index contributed by atoms with van der Waals surface area (Å²) in [6.07, 6.45) is 0.450. The second kappa shape index (κ2) is 2.99. The Labute approximate surface area is 80.7 Å². The van der Waals surface area contributed by atoms with Gasteiger partial charge in [-0.3, -0.25) is 0 Å². The van der Waals surface area contributed by atoms with Gasteiger partial charge in [0, 0.05) is 6.42 Å². The quantitative estimate of drug-likeness (QED) is 0.739. The molecule has 0 aliphatic carbocycles. The number of carboxylic acid groups (broad SMARTS) is 1. The number of ether oxygens (including phenoxy) is 1. The van der Waals surface area contributed by atoms with Crippen molar-refractivity contribution in [3.8, 4) is 5.75 Å². The summed E-state index contributed by atoms with van der Waals surface area (Å²) in [5.41, 5.74) is -0.741. The third-order valence-corrected chi connectivity index (χ3v) is 2.46. The van der Waals surface area contributed by atoms with Crippen molar-refractivity contribution in [3.05, 3.63) is 29.8 Å². The third-order valence-electron chi connectivity index (χ3n) is 2.46. The Morgan fingerprint density at radius 2 is 2.21 bits per heavy atom. The van der Waals surface area contributed by atoms with Crippen LogP contribution in [0, 0.1) is 0 Å². The van der Waals surface area contributed by atoms with E-state index in [0.717, 1.165) is 0 Å². The first-order valence-corrected chi connectivity index (χ1v) is 4.32. The van der Waals surface area contributed by atoms with Crippen LogP contribution in [0.4, 0.5) is 0 Å². The van der Waals surface area contributed by atoms with E-state index in [0.29, 0.717) is 18.6 Å². The summed E-state index contributed by atoms with van der Waals surface area (Å²) in [6, 6.07) is 6.18. The maximum atomic E-state index is 11.0. The van der Waals surface area contributed by atoms with Crippen LogP contribution in [0.5, 0.6) is 5.75 Å². The number of phenols is 1. The fourth-order valence-electron chi connectivity index (χ4n) is 1.58. The van der Waals surface area contributed by atoms with Gasteiger partial charge in [0.25, 0.3) is 0 Å². The van der Waals surface area contributed by atoms with Crippen LogP contribution in [-0.4, -0.2) is 22.8 Å². The Morgan fingerprint density at radius 1 is 1.50 bits per heavy atom. The number of carboxylic acids is 1. The Balaban J connectivity index is 2.42. The van der Waals surface area contributed by atoms with Gasteiger partial charge in [-0.25, -0.2) is 4.79 Å². The Kier molecular flexibility index (Phi) is 1.93. The average molecular weight is 194 g/mol. The summed E-state index contributed by atoms with van der Waals surface area (Å²) in [6.45, 7) is 0.446. The first kappa shape index (κ1) is 9.02. The maximum absolute atomic E-state index is 11.0. The number of aromatic hydroxyl groups is 1. The number of hydrogen-bond donors (Lipinski definition) is 2. The topological polar surface area (TPSA) is 66.8 Å².